The van der Waals surface area contributed by atoms with Gasteiger partial charge in [-0.05, 0) is 42.7 Å². The van der Waals surface area contributed by atoms with Gasteiger partial charge < -0.3 is 15.0 Å². The molecule has 0 aliphatic carbocycles. The third-order valence-corrected chi connectivity index (χ3v) is 4.94. The van der Waals surface area contributed by atoms with Crippen molar-refractivity contribution in [1.82, 2.24) is 5.32 Å². The number of ether oxygens (including phenoxy) is 1. The molecule has 0 spiro atoms. The van der Waals surface area contributed by atoms with Gasteiger partial charge in [0.1, 0.15) is 6.04 Å². The van der Waals surface area contributed by atoms with E-state index in [9.17, 15) is 14.4 Å². The van der Waals surface area contributed by atoms with E-state index in [-0.39, 0.29) is 24.8 Å². The lowest BCUT2D eigenvalue weighted by Crippen LogP contribution is -2.45. The number of halogens is 1. The molecule has 25 heavy (non-hydrogen) atoms. The summed E-state index contributed by atoms with van der Waals surface area (Å²) in [7, 11) is 1.29. The Morgan fingerprint density at radius 2 is 2.08 bits per heavy atom. The molecule has 1 fully saturated rings. The summed E-state index contributed by atoms with van der Waals surface area (Å²) in [6, 6.07) is 6.21. The Hall–Kier alpha value is -1.73. The number of nitrogens with zero attached hydrogens (tertiary/aromatic N) is 1. The van der Waals surface area contributed by atoms with Crippen LogP contribution in [0.5, 0.6) is 0 Å². The fraction of sp³-hybridized carbons (Fsp3) is 0.471. The summed E-state index contributed by atoms with van der Waals surface area (Å²) in [5.41, 5.74) is 0.705. The topological polar surface area (TPSA) is 75.7 Å². The number of carbonyl (C=O) groups is 3. The largest absolute Gasteiger partial charge is 0.467 e. The van der Waals surface area contributed by atoms with Crippen LogP contribution in [0.4, 0.5) is 5.69 Å². The Labute approximate surface area is 156 Å². The molecule has 0 radical (unpaired) electrons. The van der Waals surface area contributed by atoms with Crippen molar-refractivity contribution in [3.05, 3.63) is 29.3 Å². The monoisotopic (exact) mass is 384 g/mol. The Morgan fingerprint density at radius 3 is 2.68 bits per heavy atom. The van der Waals surface area contributed by atoms with E-state index in [0.717, 1.165) is 5.75 Å². The van der Waals surface area contributed by atoms with E-state index in [1.54, 1.807) is 40.9 Å². The molecular formula is C17H21ClN2O4S. The fourth-order valence-corrected chi connectivity index (χ4v) is 3.27. The Morgan fingerprint density at radius 1 is 1.40 bits per heavy atom. The molecule has 1 aromatic carbocycles. The highest BCUT2D eigenvalue weighted by Gasteiger charge is 2.36. The van der Waals surface area contributed by atoms with Gasteiger partial charge in [0, 0.05) is 23.7 Å². The summed E-state index contributed by atoms with van der Waals surface area (Å²) in [5.74, 6) is -0.672. The normalized spacial score (nSPS) is 18.1. The first-order valence-corrected chi connectivity index (χ1v) is 9.66. The molecule has 1 aliphatic rings. The van der Waals surface area contributed by atoms with Crippen LogP contribution in [-0.4, -0.2) is 49.5 Å². The number of carbonyl (C=O) groups excluding carboxylic acids is 3. The van der Waals surface area contributed by atoms with Crippen LogP contribution in [0.3, 0.4) is 0 Å². The van der Waals surface area contributed by atoms with Crippen molar-refractivity contribution in [3.63, 3.8) is 0 Å². The van der Waals surface area contributed by atoms with Gasteiger partial charge in [0.05, 0.1) is 13.0 Å². The number of amides is 2. The first-order chi connectivity index (χ1) is 12.0. The predicted octanol–water partition coefficient (Wildman–Crippen LogP) is 2.10. The van der Waals surface area contributed by atoms with E-state index >= 15 is 0 Å². The Balaban J connectivity index is 2.01. The minimum absolute atomic E-state index is 0.116. The second kappa shape index (κ2) is 9.10. The van der Waals surface area contributed by atoms with Crippen LogP contribution < -0.4 is 10.2 Å². The lowest BCUT2D eigenvalue weighted by atomic mass is 10.1. The molecule has 2 atom stereocenters. The number of thioether (sulfide) groups is 1. The molecule has 0 bridgehead atoms. The highest BCUT2D eigenvalue weighted by Crippen LogP contribution is 2.26. The maximum absolute atomic E-state index is 12.5. The van der Waals surface area contributed by atoms with Crippen LogP contribution in [-0.2, 0) is 19.1 Å². The first-order valence-electron chi connectivity index (χ1n) is 7.89. The van der Waals surface area contributed by atoms with E-state index in [1.807, 2.05) is 6.26 Å². The molecule has 2 amide bonds. The highest BCUT2D eigenvalue weighted by atomic mass is 35.5. The number of rotatable bonds is 7. The van der Waals surface area contributed by atoms with Crippen molar-refractivity contribution in [2.75, 3.05) is 30.6 Å². The molecule has 2 rings (SSSR count). The molecular weight excluding hydrogens is 364 g/mol. The zero-order chi connectivity index (χ0) is 18.4. The number of hydrogen-bond donors (Lipinski definition) is 1. The van der Waals surface area contributed by atoms with Crippen molar-refractivity contribution < 1.29 is 19.1 Å². The van der Waals surface area contributed by atoms with Crippen LogP contribution in [0.2, 0.25) is 5.02 Å². The van der Waals surface area contributed by atoms with Gasteiger partial charge in [0.15, 0.2) is 0 Å². The minimum atomic E-state index is -0.690. The standard InChI is InChI=1S/C17H21ClN2O4S/c1-24-17(23)14(7-8-25-2)19-16(22)11-9-15(21)20(10-11)13-5-3-12(18)4-6-13/h3-6,11,14H,7-10H2,1-2H3,(H,19,22). The van der Waals surface area contributed by atoms with Gasteiger partial charge in [-0.15, -0.1) is 0 Å². The third-order valence-electron chi connectivity index (χ3n) is 4.05. The summed E-state index contributed by atoms with van der Waals surface area (Å²) in [6.07, 6.45) is 2.53. The van der Waals surface area contributed by atoms with Crippen LogP contribution in [0, 0.1) is 5.92 Å². The van der Waals surface area contributed by atoms with Crippen molar-refractivity contribution in [3.8, 4) is 0 Å². The number of hydrogen-bond acceptors (Lipinski definition) is 5. The Bertz CT molecular complexity index is 638. The first kappa shape index (κ1) is 19.6. The van der Waals surface area contributed by atoms with Crippen LogP contribution in [0.15, 0.2) is 24.3 Å². The summed E-state index contributed by atoms with van der Waals surface area (Å²) >= 11 is 7.45. The lowest BCUT2D eigenvalue weighted by molar-refractivity contribution is -0.145. The highest BCUT2D eigenvalue weighted by molar-refractivity contribution is 7.98. The van der Waals surface area contributed by atoms with E-state index in [2.05, 4.69) is 5.32 Å². The molecule has 1 heterocycles. The lowest BCUT2D eigenvalue weighted by Gasteiger charge is -2.19. The van der Waals surface area contributed by atoms with Crippen molar-refractivity contribution in [1.29, 1.82) is 0 Å². The molecule has 1 aromatic rings. The maximum Gasteiger partial charge on any atom is 0.328 e. The minimum Gasteiger partial charge on any atom is -0.467 e. The SMILES string of the molecule is COC(=O)C(CCSC)NC(=O)C1CC(=O)N(c2ccc(Cl)cc2)C1. The smallest absolute Gasteiger partial charge is 0.328 e. The number of methoxy groups -OCH3 is 1. The zero-order valence-electron chi connectivity index (χ0n) is 14.2. The van der Waals surface area contributed by atoms with Crippen LogP contribution in [0.1, 0.15) is 12.8 Å². The number of anilines is 1. The molecule has 8 heteroatoms. The quantitative estimate of drug-likeness (QED) is 0.728. The van der Waals surface area contributed by atoms with Gasteiger partial charge >= 0.3 is 5.97 Å². The maximum atomic E-state index is 12.5. The predicted molar refractivity (Wildman–Crippen MR) is 98.9 cm³/mol. The molecule has 2 unspecified atom stereocenters. The van der Waals surface area contributed by atoms with E-state index in [4.69, 9.17) is 16.3 Å². The molecule has 1 aliphatic heterocycles. The summed E-state index contributed by atoms with van der Waals surface area (Å²) in [4.78, 5) is 38.1. The zero-order valence-corrected chi connectivity index (χ0v) is 15.7. The van der Waals surface area contributed by atoms with Crippen LogP contribution in [0.25, 0.3) is 0 Å². The number of benzene rings is 1. The van der Waals surface area contributed by atoms with Gasteiger partial charge in [-0.25, -0.2) is 4.79 Å². The van der Waals surface area contributed by atoms with E-state index in [1.165, 1.54) is 7.11 Å². The van der Waals surface area contributed by atoms with Crippen LogP contribution >= 0.6 is 23.4 Å². The second-order valence-electron chi connectivity index (χ2n) is 5.75. The van der Waals surface area contributed by atoms with Gasteiger partial charge in [0.25, 0.3) is 0 Å². The van der Waals surface area contributed by atoms with Crippen molar-refractivity contribution in [2.24, 2.45) is 5.92 Å². The summed E-state index contributed by atoms with van der Waals surface area (Å²) in [6.45, 7) is 0.280. The molecule has 1 N–H and O–H groups in total. The molecule has 1 saturated heterocycles. The summed E-state index contributed by atoms with van der Waals surface area (Å²) in [5, 5.41) is 3.30. The van der Waals surface area contributed by atoms with E-state index in [0.29, 0.717) is 17.1 Å². The average molecular weight is 385 g/mol. The molecule has 136 valence electrons. The third kappa shape index (κ3) is 5.12. The average Bonchev–Trinajstić information content (AvgIpc) is 3.00. The van der Waals surface area contributed by atoms with Crippen molar-refractivity contribution in [2.45, 2.75) is 18.9 Å². The number of nitrogens with one attached hydrogen (secondary N) is 1. The van der Waals surface area contributed by atoms with Gasteiger partial charge in [-0.3, -0.25) is 9.59 Å². The van der Waals surface area contributed by atoms with Crippen molar-refractivity contribution >= 4 is 46.8 Å². The van der Waals surface area contributed by atoms with Gasteiger partial charge in [-0.1, -0.05) is 11.6 Å². The Kier molecular flexibility index (Phi) is 7.13. The van der Waals surface area contributed by atoms with E-state index < -0.39 is 17.9 Å². The molecule has 0 aromatic heterocycles. The second-order valence-corrected chi connectivity index (χ2v) is 7.17. The molecule has 6 nitrogen and oxygen atoms in total. The summed E-state index contributed by atoms with van der Waals surface area (Å²) < 4.78 is 4.74. The van der Waals surface area contributed by atoms with Gasteiger partial charge in [0.2, 0.25) is 11.8 Å². The molecule has 0 saturated carbocycles. The fourth-order valence-electron chi connectivity index (χ4n) is 2.67. The number of esters is 1. The van der Waals surface area contributed by atoms with Gasteiger partial charge in [-0.2, -0.15) is 11.8 Å².